The van der Waals surface area contributed by atoms with Crippen molar-refractivity contribution in [2.75, 3.05) is 16.9 Å². The summed E-state index contributed by atoms with van der Waals surface area (Å²) < 4.78 is 5.28. The molecule has 0 aliphatic rings. The van der Waals surface area contributed by atoms with Gasteiger partial charge in [-0.1, -0.05) is 45.5 Å². The second-order valence-electron chi connectivity index (χ2n) is 7.68. The van der Waals surface area contributed by atoms with Crippen molar-refractivity contribution in [1.82, 2.24) is 9.97 Å². The summed E-state index contributed by atoms with van der Waals surface area (Å²) in [4.78, 5) is 20.8. The number of anilines is 3. The zero-order valence-corrected chi connectivity index (χ0v) is 19.9. The van der Waals surface area contributed by atoms with Gasteiger partial charge in [0.25, 0.3) is 0 Å². The Morgan fingerprint density at radius 1 is 1.20 bits per heavy atom. The first kappa shape index (κ1) is 25.7. The number of carbonyl (C=O) groups is 1. The monoisotopic (exact) mass is 434 g/mol. The summed E-state index contributed by atoms with van der Waals surface area (Å²) in [5.41, 5.74) is 1.36. The number of hydrogen-bond acceptors (Lipinski definition) is 7. The summed E-state index contributed by atoms with van der Waals surface area (Å²) in [6.07, 6.45) is 2.33. The molecule has 166 valence electrons. The molecule has 1 unspecified atom stereocenters. The molecule has 7 nitrogen and oxygen atoms in total. The van der Waals surface area contributed by atoms with Crippen LogP contribution in [0, 0.1) is 5.92 Å². The fourth-order valence-electron chi connectivity index (χ4n) is 2.38. The van der Waals surface area contributed by atoms with Crippen LogP contribution in [0.3, 0.4) is 0 Å². The molecule has 1 aromatic heterocycles. The number of aromatic nitrogens is 2. The predicted molar refractivity (Wildman–Crippen MR) is 125 cm³/mol. The Kier molecular flexibility index (Phi) is 10.1. The lowest BCUT2D eigenvalue weighted by molar-refractivity contribution is 0.0636. The molecule has 3 N–H and O–H groups in total. The van der Waals surface area contributed by atoms with Crippen LogP contribution in [-0.4, -0.2) is 33.0 Å². The number of rotatable bonds is 6. The van der Waals surface area contributed by atoms with Crippen LogP contribution in [-0.2, 0) is 4.74 Å². The van der Waals surface area contributed by atoms with Gasteiger partial charge < -0.3 is 15.2 Å². The molecule has 30 heavy (non-hydrogen) atoms. The van der Waals surface area contributed by atoms with Crippen molar-refractivity contribution < 1.29 is 14.6 Å². The van der Waals surface area contributed by atoms with E-state index in [4.69, 9.17) is 4.74 Å². The minimum atomic E-state index is -0.693. The van der Waals surface area contributed by atoms with Crippen molar-refractivity contribution in [3.8, 4) is 0 Å². The van der Waals surface area contributed by atoms with Gasteiger partial charge in [-0.2, -0.15) is 0 Å². The van der Waals surface area contributed by atoms with E-state index in [1.54, 1.807) is 18.3 Å². The highest BCUT2D eigenvalue weighted by atomic mass is 32.2. The Bertz CT molecular complexity index is 822. The van der Waals surface area contributed by atoms with Gasteiger partial charge in [0.2, 0.25) is 0 Å². The average Bonchev–Trinajstić information content (AvgIpc) is 2.67. The number of benzene rings is 1. The first-order chi connectivity index (χ1) is 14.1. The molecule has 1 heterocycles. The highest BCUT2D eigenvalue weighted by molar-refractivity contribution is 7.98. The maximum atomic E-state index is 12.0. The minimum Gasteiger partial charge on any atom is -0.444 e. The van der Waals surface area contributed by atoms with Crippen LogP contribution in [0.25, 0.3) is 0 Å². The van der Waals surface area contributed by atoms with Gasteiger partial charge in [0.1, 0.15) is 11.4 Å². The Labute approximate surface area is 184 Å². The van der Waals surface area contributed by atoms with Crippen LogP contribution in [0.5, 0.6) is 0 Å². The molecule has 8 heteroatoms. The molecule has 0 fully saturated rings. The molecular formula is C22H34N4O3S. The van der Waals surface area contributed by atoms with Gasteiger partial charge in [-0.25, -0.2) is 14.8 Å². The molecule has 1 atom stereocenters. The van der Waals surface area contributed by atoms with Crippen LogP contribution in [0.4, 0.5) is 22.0 Å². The number of thioether (sulfide) groups is 1. The van der Waals surface area contributed by atoms with Gasteiger partial charge in [-0.05, 0) is 51.1 Å². The van der Waals surface area contributed by atoms with Gasteiger partial charge in [0.15, 0.2) is 5.16 Å². The molecule has 2 aromatic rings. The zero-order valence-electron chi connectivity index (χ0n) is 19.1. The van der Waals surface area contributed by atoms with E-state index in [-0.39, 0.29) is 5.92 Å². The summed E-state index contributed by atoms with van der Waals surface area (Å²) in [7, 11) is 0. The van der Waals surface area contributed by atoms with Crippen molar-refractivity contribution in [3.05, 3.63) is 36.0 Å². The summed E-state index contributed by atoms with van der Waals surface area (Å²) in [6, 6.07) is 7.21. The molecular weight excluding hydrogens is 400 g/mol. The molecule has 0 radical (unpaired) electrons. The second kappa shape index (κ2) is 11.8. The number of ether oxygens (including phenoxy) is 1. The number of aliphatic hydroxyl groups excluding tert-OH is 1. The second-order valence-corrected chi connectivity index (χ2v) is 8.46. The minimum absolute atomic E-state index is 0.0180. The van der Waals surface area contributed by atoms with Crippen molar-refractivity contribution >= 4 is 35.0 Å². The Morgan fingerprint density at radius 3 is 2.40 bits per heavy atom. The maximum absolute atomic E-state index is 12.0. The van der Waals surface area contributed by atoms with Gasteiger partial charge in [-0.15, -0.1) is 0 Å². The van der Waals surface area contributed by atoms with Crippen molar-refractivity contribution in [3.63, 3.8) is 0 Å². The van der Waals surface area contributed by atoms with Crippen molar-refractivity contribution in [1.29, 1.82) is 0 Å². The Hall–Kier alpha value is -2.32. The lowest BCUT2D eigenvalue weighted by Gasteiger charge is -2.20. The number of nitrogens with one attached hydrogen (secondary N) is 2. The van der Waals surface area contributed by atoms with Gasteiger partial charge in [0, 0.05) is 23.1 Å². The molecule has 0 aliphatic carbocycles. The number of nitrogens with zero attached hydrogens (tertiary/aromatic N) is 2. The summed E-state index contributed by atoms with van der Waals surface area (Å²) in [5, 5.41) is 17.0. The molecule has 2 rings (SSSR count). The molecule has 0 bridgehead atoms. The smallest absolute Gasteiger partial charge is 0.412 e. The van der Waals surface area contributed by atoms with E-state index in [1.165, 1.54) is 11.8 Å². The standard InChI is InChI=1S/C20H28N4O3S.C2H6/c1-12(2)16(25)15-11-21-18(28-6)24-17(15)22-13-8-7-9-14(10-13)23-19(26)27-20(3,4)5;1-2/h7-12,16,25H,1-6H3,(H,23,26)(H,21,22,24);1-2H3. The lowest BCUT2D eigenvalue weighted by Crippen LogP contribution is -2.27. The SMILES string of the molecule is CC.CSc1ncc(C(O)C(C)C)c(Nc2cccc(NC(=O)OC(C)(C)C)c2)n1. The van der Waals surface area contributed by atoms with E-state index in [0.717, 1.165) is 5.69 Å². The molecule has 0 aliphatic heterocycles. The normalized spacial score (nSPS) is 11.9. The topological polar surface area (TPSA) is 96.4 Å². The van der Waals surface area contributed by atoms with Gasteiger partial charge >= 0.3 is 6.09 Å². The van der Waals surface area contributed by atoms with E-state index >= 15 is 0 Å². The van der Waals surface area contributed by atoms with Gasteiger partial charge in [0.05, 0.1) is 6.10 Å². The quantitative estimate of drug-likeness (QED) is 0.379. The maximum Gasteiger partial charge on any atom is 0.412 e. The molecule has 0 saturated heterocycles. The summed E-state index contributed by atoms with van der Waals surface area (Å²) >= 11 is 1.42. The first-order valence-electron chi connectivity index (χ1n) is 10.0. The van der Waals surface area contributed by atoms with Crippen molar-refractivity contribution in [2.24, 2.45) is 5.92 Å². The van der Waals surface area contributed by atoms with E-state index in [2.05, 4.69) is 20.6 Å². The number of hydrogen-bond donors (Lipinski definition) is 3. The van der Waals surface area contributed by atoms with E-state index < -0.39 is 17.8 Å². The highest BCUT2D eigenvalue weighted by Gasteiger charge is 2.19. The number of carbonyl (C=O) groups excluding carboxylic acids is 1. The third-order valence-electron chi connectivity index (χ3n) is 3.70. The zero-order chi connectivity index (χ0) is 22.9. The number of aliphatic hydroxyl groups is 1. The van der Waals surface area contributed by atoms with Crippen LogP contribution in [0.2, 0.25) is 0 Å². The average molecular weight is 435 g/mol. The van der Waals surface area contributed by atoms with E-state index in [9.17, 15) is 9.90 Å². The van der Waals surface area contributed by atoms with Crippen LogP contribution in [0.15, 0.2) is 35.6 Å². The number of amides is 1. The third kappa shape index (κ3) is 8.20. The van der Waals surface area contributed by atoms with Crippen LogP contribution < -0.4 is 10.6 Å². The highest BCUT2D eigenvalue weighted by Crippen LogP contribution is 2.30. The van der Waals surface area contributed by atoms with Crippen LogP contribution in [0.1, 0.15) is 60.1 Å². The van der Waals surface area contributed by atoms with Crippen LogP contribution >= 0.6 is 11.8 Å². The molecule has 0 spiro atoms. The molecule has 0 saturated carbocycles. The lowest BCUT2D eigenvalue weighted by atomic mass is 10.0. The summed E-state index contributed by atoms with van der Waals surface area (Å²) in [6.45, 7) is 13.3. The summed E-state index contributed by atoms with van der Waals surface area (Å²) in [5.74, 6) is 0.555. The largest absolute Gasteiger partial charge is 0.444 e. The predicted octanol–water partition coefficient (Wildman–Crippen LogP) is 6.00. The third-order valence-corrected chi connectivity index (χ3v) is 4.26. The fourth-order valence-corrected chi connectivity index (χ4v) is 2.72. The molecule has 1 amide bonds. The van der Waals surface area contributed by atoms with Crippen molar-refractivity contribution in [2.45, 2.75) is 65.3 Å². The Balaban J connectivity index is 0.00000218. The first-order valence-corrected chi connectivity index (χ1v) is 11.3. The molecule has 1 aromatic carbocycles. The van der Waals surface area contributed by atoms with E-state index in [1.807, 2.05) is 66.9 Å². The van der Waals surface area contributed by atoms with Gasteiger partial charge in [-0.3, -0.25) is 5.32 Å². The van der Waals surface area contributed by atoms with E-state index in [0.29, 0.717) is 22.2 Å². The Morgan fingerprint density at radius 2 is 1.83 bits per heavy atom. The fraction of sp³-hybridized carbons (Fsp3) is 0.500.